The molecule has 0 spiro atoms. The van der Waals surface area contributed by atoms with Gasteiger partial charge >= 0.3 is 5.97 Å². The number of nitrogens with two attached hydrogens (primary N) is 1. The minimum atomic E-state index is -0.617. The number of halogens is 1. The number of carbonyl (C=O) groups is 2. The molecule has 0 atom stereocenters. The Morgan fingerprint density at radius 3 is 2.74 bits per heavy atom. The minimum Gasteiger partial charge on any atom is -0.469 e. The third-order valence-electron chi connectivity index (χ3n) is 2.73. The lowest BCUT2D eigenvalue weighted by Gasteiger charge is -2.18. The van der Waals surface area contributed by atoms with Crippen molar-refractivity contribution in [1.82, 2.24) is 4.90 Å². The van der Waals surface area contributed by atoms with Crippen LogP contribution in [-0.4, -0.2) is 37.5 Å². The van der Waals surface area contributed by atoms with E-state index in [2.05, 4.69) is 4.74 Å². The molecular formula is C13H17FN2O3. The van der Waals surface area contributed by atoms with Crippen molar-refractivity contribution >= 4 is 17.6 Å². The number of methoxy groups -OCH3 is 1. The number of rotatable bonds is 5. The molecule has 19 heavy (non-hydrogen) atoms. The highest BCUT2D eigenvalue weighted by Gasteiger charge is 2.16. The highest BCUT2D eigenvalue weighted by atomic mass is 19.1. The van der Waals surface area contributed by atoms with Gasteiger partial charge < -0.3 is 15.4 Å². The number of carbonyl (C=O) groups excluding carboxylic acids is 2. The molecule has 0 radical (unpaired) electrons. The van der Waals surface area contributed by atoms with Gasteiger partial charge in [0.15, 0.2) is 0 Å². The molecule has 0 heterocycles. The molecule has 0 saturated heterocycles. The average molecular weight is 268 g/mol. The van der Waals surface area contributed by atoms with Crippen LogP contribution >= 0.6 is 0 Å². The summed E-state index contributed by atoms with van der Waals surface area (Å²) >= 11 is 0. The van der Waals surface area contributed by atoms with Crippen LogP contribution in [-0.2, 0) is 9.53 Å². The number of amides is 1. The number of para-hydroxylation sites is 1. The first-order chi connectivity index (χ1) is 8.97. The number of hydrogen-bond acceptors (Lipinski definition) is 4. The molecular weight excluding hydrogens is 251 g/mol. The van der Waals surface area contributed by atoms with Crippen LogP contribution in [0.3, 0.4) is 0 Å². The highest BCUT2D eigenvalue weighted by molar-refractivity contribution is 5.99. The second-order valence-corrected chi connectivity index (χ2v) is 4.11. The first kappa shape index (κ1) is 14.9. The zero-order chi connectivity index (χ0) is 14.4. The lowest BCUT2D eigenvalue weighted by molar-refractivity contribution is -0.140. The van der Waals surface area contributed by atoms with Crippen LogP contribution in [0.2, 0.25) is 0 Å². The van der Waals surface area contributed by atoms with Crippen molar-refractivity contribution in [3.05, 3.63) is 29.6 Å². The molecule has 1 rings (SSSR count). The molecule has 1 amide bonds. The van der Waals surface area contributed by atoms with E-state index in [4.69, 9.17) is 5.73 Å². The van der Waals surface area contributed by atoms with Crippen LogP contribution in [0.25, 0.3) is 0 Å². The maximum absolute atomic E-state index is 13.2. The van der Waals surface area contributed by atoms with Gasteiger partial charge in [0, 0.05) is 20.0 Å². The molecule has 6 heteroatoms. The Labute approximate surface area is 111 Å². The first-order valence-electron chi connectivity index (χ1n) is 5.83. The fourth-order valence-corrected chi connectivity index (χ4v) is 1.59. The zero-order valence-electron chi connectivity index (χ0n) is 11.0. The lowest BCUT2D eigenvalue weighted by atomic mass is 10.1. The van der Waals surface area contributed by atoms with Gasteiger partial charge in [-0.3, -0.25) is 9.59 Å². The summed E-state index contributed by atoms with van der Waals surface area (Å²) in [6.45, 7) is 0.365. The van der Waals surface area contributed by atoms with Crippen molar-refractivity contribution in [2.45, 2.75) is 12.8 Å². The molecule has 2 N–H and O–H groups in total. The predicted molar refractivity (Wildman–Crippen MR) is 69.0 cm³/mol. The predicted octanol–water partition coefficient (Wildman–Crippen LogP) is 1.43. The maximum atomic E-state index is 13.2. The van der Waals surface area contributed by atoms with E-state index in [1.54, 1.807) is 7.05 Å². The van der Waals surface area contributed by atoms with E-state index >= 15 is 0 Å². The van der Waals surface area contributed by atoms with E-state index < -0.39 is 5.82 Å². The second kappa shape index (κ2) is 6.72. The fraction of sp³-hybridized carbons (Fsp3) is 0.385. The van der Waals surface area contributed by atoms with E-state index in [0.717, 1.165) is 0 Å². The van der Waals surface area contributed by atoms with Gasteiger partial charge in [-0.15, -0.1) is 0 Å². The minimum absolute atomic E-state index is 0.126. The average Bonchev–Trinajstić information content (AvgIpc) is 2.40. The Hall–Kier alpha value is -2.11. The van der Waals surface area contributed by atoms with Crippen molar-refractivity contribution in [3.8, 4) is 0 Å². The van der Waals surface area contributed by atoms with E-state index in [9.17, 15) is 14.0 Å². The third-order valence-corrected chi connectivity index (χ3v) is 2.73. The number of ether oxygens (including phenoxy) is 1. The monoisotopic (exact) mass is 268 g/mol. The second-order valence-electron chi connectivity index (χ2n) is 4.11. The molecule has 0 bridgehead atoms. The summed E-state index contributed by atoms with van der Waals surface area (Å²) in [7, 11) is 2.88. The Bertz CT molecular complexity index is 477. The Balaban J connectivity index is 2.62. The van der Waals surface area contributed by atoms with Crippen molar-refractivity contribution in [1.29, 1.82) is 0 Å². The highest BCUT2D eigenvalue weighted by Crippen LogP contribution is 2.17. The Morgan fingerprint density at radius 1 is 1.42 bits per heavy atom. The van der Waals surface area contributed by atoms with Crippen LogP contribution in [0.5, 0.6) is 0 Å². The van der Waals surface area contributed by atoms with Gasteiger partial charge in [-0.05, 0) is 18.6 Å². The molecule has 0 aromatic heterocycles. The largest absolute Gasteiger partial charge is 0.469 e. The van der Waals surface area contributed by atoms with E-state index in [1.165, 1.54) is 30.2 Å². The summed E-state index contributed by atoms with van der Waals surface area (Å²) in [6.07, 6.45) is 0.705. The van der Waals surface area contributed by atoms with Crippen LogP contribution in [0.1, 0.15) is 23.2 Å². The number of nitrogens with zero attached hydrogens (tertiary/aromatic N) is 1. The van der Waals surface area contributed by atoms with Crippen LogP contribution in [0.4, 0.5) is 10.1 Å². The van der Waals surface area contributed by atoms with Gasteiger partial charge in [0.25, 0.3) is 5.91 Å². The van der Waals surface area contributed by atoms with Crippen LogP contribution in [0, 0.1) is 5.82 Å². The van der Waals surface area contributed by atoms with E-state index in [0.29, 0.717) is 13.0 Å². The van der Waals surface area contributed by atoms with Crippen molar-refractivity contribution < 1.29 is 18.7 Å². The van der Waals surface area contributed by atoms with Gasteiger partial charge in [0.1, 0.15) is 5.82 Å². The molecule has 1 aromatic carbocycles. The third kappa shape index (κ3) is 3.94. The molecule has 0 aliphatic heterocycles. The standard InChI is InChI=1S/C13H17FN2O3/c1-16(8-4-7-11(17)19-2)13(18)9-5-3-6-10(14)12(9)15/h3,5-6H,4,7-8,15H2,1-2H3. The molecule has 0 unspecified atom stereocenters. The van der Waals surface area contributed by atoms with Gasteiger partial charge in [0.05, 0.1) is 18.4 Å². The summed E-state index contributed by atoms with van der Waals surface area (Å²) in [5.41, 5.74) is 5.49. The Kier molecular flexibility index (Phi) is 5.29. The molecule has 104 valence electrons. The number of hydrogen-bond donors (Lipinski definition) is 1. The molecule has 0 fully saturated rings. The van der Waals surface area contributed by atoms with Crippen molar-refractivity contribution in [2.75, 3.05) is 26.4 Å². The van der Waals surface area contributed by atoms with E-state index in [1.807, 2.05) is 0 Å². The quantitative estimate of drug-likeness (QED) is 0.647. The van der Waals surface area contributed by atoms with Crippen molar-refractivity contribution in [3.63, 3.8) is 0 Å². The fourth-order valence-electron chi connectivity index (χ4n) is 1.59. The topological polar surface area (TPSA) is 72.6 Å². The van der Waals surface area contributed by atoms with Gasteiger partial charge in [-0.1, -0.05) is 6.07 Å². The zero-order valence-corrected chi connectivity index (χ0v) is 11.0. The van der Waals surface area contributed by atoms with Gasteiger partial charge in [0.2, 0.25) is 0 Å². The van der Waals surface area contributed by atoms with Crippen LogP contribution in [0.15, 0.2) is 18.2 Å². The van der Waals surface area contributed by atoms with Crippen LogP contribution < -0.4 is 5.73 Å². The van der Waals surface area contributed by atoms with E-state index in [-0.39, 0.29) is 29.5 Å². The Morgan fingerprint density at radius 2 is 2.11 bits per heavy atom. The SMILES string of the molecule is COC(=O)CCCN(C)C(=O)c1cccc(F)c1N. The summed E-state index contributed by atoms with van der Waals surface area (Å²) < 4.78 is 17.7. The van der Waals surface area contributed by atoms with Gasteiger partial charge in [-0.25, -0.2) is 4.39 Å². The summed E-state index contributed by atoms with van der Waals surface area (Å²) in [5, 5.41) is 0. The smallest absolute Gasteiger partial charge is 0.305 e. The summed E-state index contributed by atoms with van der Waals surface area (Å²) in [5.74, 6) is -1.32. The van der Waals surface area contributed by atoms with Gasteiger partial charge in [-0.2, -0.15) is 0 Å². The summed E-state index contributed by atoms with van der Waals surface area (Å²) in [4.78, 5) is 24.4. The number of benzene rings is 1. The molecule has 0 aliphatic carbocycles. The first-order valence-corrected chi connectivity index (χ1v) is 5.83. The number of anilines is 1. The summed E-state index contributed by atoms with van der Waals surface area (Å²) in [6, 6.07) is 4.10. The molecule has 0 saturated carbocycles. The normalized spacial score (nSPS) is 10.1. The van der Waals surface area contributed by atoms with Crippen molar-refractivity contribution in [2.24, 2.45) is 0 Å². The number of nitrogen functional groups attached to an aromatic ring is 1. The maximum Gasteiger partial charge on any atom is 0.305 e. The number of esters is 1. The lowest BCUT2D eigenvalue weighted by Crippen LogP contribution is -2.29. The molecule has 0 aliphatic rings. The molecule has 5 nitrogen and oxygen atoms in total. The molecule has 1 aromatic rings.